The van der Waals surface area contributed by atoms with Gasteiger partial charge in [0.05, 0.1) is 11.7 Å². The van der Waals surface area contributed by atoms with E-state index >= 15 is 0 Å². The number of rotatable bonds is 5. The van der Waals surface area contributed by atoms with Crippen LogP contribution in [-0.2, 0) is 0 Å². The second-order valence-electron chi connectivity index (χ2n) is 8.44. The molecule has 1 aliphatic rings. The molecular weight excluding hydrogens is 398 g/mol. The standard InChI is InChI=1S/C27H27N3O2/c1-19-11-13-20(14-12-19)27(31)29-24-22-9-3-4-10-23(22)32-26(24)25(21-8-7-15-28-18-21)30-16-5-2-6-17-30/h3-4,7-15,18,25H,2,5-6,16-17H2,1H3,(H,29,31). The molecule has 5 rings (SSSR count). The van der Waals surface area contributed by atoms with E-state index in [4.69, 9.17) is 4.42 Å². The fourth-order valence-corrected chi connectivity index (χ4v) is 4.52. The molecule has 0 radical (unpaired) electrons. The summed E-state index contributed by atoms with van der Waals surface area (Å²) >= 11 is 0. The van der Waals surface area contributed by atoms with Crippen LogP contribution >= 0.6 is 0 Å². The number of carbonyl (C=O) groups is 1. The molecule has 0 bridgehead atoms. The van der Waals surface area contributed by atoms with Crippen LogP contribution in [0.15, 0.2) is 77.5 Å². The van der Waals surface area contributed by atoms with Crippen LogP contribution in [0.3, 0.4) is 0 Å². The van der Waals surface area contributed by atoms with Crippen molar-refractivity contribution in [2.45, 2.75) is 32.2 Å². The Morgan fingerprint density at radius 3 is 2.53 bits per heavy atom. The molecule has 0 saturated carbocycles. The smallest absolute Gasteiger partial charge is 0.255 e. The summed E-state index contributed by atoms with van der Waals surface area (Å²) in [5.41, 5.74) is 4.33. The molecule has 1 amide bonds. The van der Waals surface area contributed by atoms with Gasteiger partial charge in [0.15, 0.2) is 5.76 Å². The molecule has 1 saturated heterocycles. The summed E-state index contributed by atoms with van der Waals surface area (Å²) in [5, 5.41) is 4.09. The summed E-state index contributed by atoms with van der Waals surface area (Å²) in [6.45, 7) is 3.99. The van der Waals surface area contributed by atoms with E-state index in [-0.39, 0.29) is 11.9 Å². The van der Waals surface area contributed by atoms with Gasteiger partial charge in [0.25, 0.3) is 5.91 Å². The van der Waals surface area contributed by atoms with Gasteiger partial charge >= 0.3 is 0 Å². The maximum absolute atomic E-state index is 13.2. The normalized spacial score (nSPS) is 15.5. The van der Waals surface area contributed by atoms with Crippen LogP contribution in [0.2, 0.25) is 0 Å². The molecule has 1 N–H and O–H groups in total. The van der Waals surface area contributed by atoms with Crippen LogP contribution in [0.5, 0.6) is 0 Å². The third kappa shape index (κ3) is 4.04. The fraction of sp³-hybridized carbons (Fsp3) is 0.259. The molecule has 2 aromatic heterocycles. The lowest BCUT2D eigenvalue weighted by molar-refractivity contribution is 0.102. The fourth-order valence-electron chi connectivity index (χ4n) is 4.52. The summed E-state index contributed by atoms with van der Waals surface area (Å²) in [6, 6.07) is 19.5. The Balaban J connectivity index is 1.61. The molecule has 3 heterocycles. The van der Waals surface area contributed by atoms with Gasteiger partial charge in [-0.2, -0.15) is 0 Å². The van der Waals surface area contributed by atoms with Gasteiger partial charge in [0.2, 0.25) is 0 Å². The van der Waals surface area contributed by atoms with Crippen LogP contribution in [0.4, 0.5) is 5.69 Å². The number of pyridine rings is 1. The highest BCUT2D eigenvalue weighted by atomic mass is 16.3. The minimum absolute atomic E-state index is 0.107. The Labute approximate surface area is 188 Å². The third-order valence-electron chi connectivity index (χ3n) is 6.18. The summed E-state index contributed by atoms with van der Waals surface area (Å²) in [6.07, 6.45) is 7.24. The maximum Gasteiger partial charge on any atom is 0.255 e. The second-order valence-corrected chi connectivity index (χ2v) is 8.44. The number of aromatic nitrogens is 1. The molecule has 162 valence electrons. The highest BCUT2D eigenvalue weighted by Crippen LogP contribution is 2.41. The number of hydrogen-bond donors (Lipinski definition) is 1. The van der Waals surface area contributed by atoms with Gasteiger partial charge in [-0.1, -0.05) is 42.3 Å². The number of para-hydroxylation sites is 1. The van der Waals surface area contributed by atoms with Crippen molar-refractivity contribution >= 4 is 22.6 Å². The van der Waals surface area contributed by atoms with Gasteiger partial charge in [-0.15, -0.1) is 0 Å². The van der Waals surface area contributed by atoms with Crippen molar-refractivity contribution in [1.29, 1.82) is 0 Å². The first-order chi connectivity index (χ1) is 15.7. The summed E-state index contributed by atoms with van der Waals surface area (Å²) in [4.78, 5) is 20.0. The molecular formula is C27H27N3O2. The number of aryl methyl sites for hydroxylation is 1. The predicted molar refractivity (Wildman–Crippen MR) is 127 cm³/mol. The first-order valence-corrected chi connectivity index (χ1v) is 11.2. The number of amides is 1. The summed E-state index contributed by atoms with van der Waals surface area (Å²) in [5.74, 6) is 0.628. The number of nitrogens with one attached hydrogen (secondary N) is 1. The van der Waals surface area contributed by atoms with E-state index in [9.17, 15) is 4.79 Å². The highest BCUT2D eigenvalue weighted by molar-refractivity contribution is 6.09. The number of fused-ring (bicyclic) bond motifs is 1. The number of hydrogen-bond acceptors (Lipinski definition) is 4. The molecule has 0 spiro atoms. The Morgan fingerprint density at radius 1 is 1.00 bits per heavy atom. The van der Waals surface area contributed by atoms with Crippen molar-refractivity contribution in [3.8, 4) is 0 Å². The van der Waals surface area contributed by atoms with E-state index in [2.05, 4.69) is 21.3 Å². The zero-order chi connectivity index (χ0) is 21.9. The largest absolute Gasteiger partial charge is 0.457 e. The molecule has 2 aromatic carbocycles. The Morgan fingerprint density at radius 2 is 1.78 bits per heavy atom. The number of anilines is 1. The molecule has 5 nitrogen and oxygen atoms in total. The van der Waals surface area contributed by atoms with E-state index in [1.54, 1.807) is 6.20 Å². The number of benzene rings is 2. The van der Waals surface area contributed by atoms with Gasteiger partial charge in [0, 0.05) is 23.3 Å². The van der Waals surface area contributed by atoms with Crippen molar-refractivity contribution < 1.29 is 9.21 Å². The zero-order valence-electron chi connectivity index (χ0n) is 18.3. The Kier molecular flexibility index (Phi) is 5.73. The zero-order valence-corrected chi connectivity index (χ0v) is 18.3. The first kappa shape index (κ1) is 20.5. The molecule has 4 aromatic rings. The van der Waals surface area contributed by atoms with Crippen molar-refractivity contribution in [2.75, 3.05) is 18.4 Å². The van der Waals surface area contributed by atoms with Gasteiger partial charge in [-0.3, -0.25) is 14.7 Å². The molecule has 1 atom stereocenters. The molecule has 1 fully saturated rings. The molecule has 1 unspecified atom stereocenters. The van der Waals surface area contributed by atoms with Gasteiger partial charge < -0.3 is 9.73 Å². The van der Waals surface area contributed by atoms with E-state index in [0.717, 1.165) is 59.5 Å². The minimum atomic E-state index is -0.138. The van der Waals surface area contributed by atoms with Crippen molar-refractivity contribution in [2.24, 2.45) is 0 Å². The minimum Gasteiger partial charge on any atom is -0.457 e. The van der Waals surface area contributed by atoms with Crippen LogP contribution in [0, 0.1) is 6.92 Å². The lowest BCUT2D eigenvalue weighted by Gasteiger charge is -2.34. The lowest BCUT2D eigenvalue weighted by atomic mass is 9.99. The molecule has 5 heteroatoms. The van der Waals surface area contributed by atoms with Crippen molar-refractivity contribution in [3.05, 3.63) is 95.5 Å². The number of likely N-dealkylation sites (tertiary alicyclic amines) is 1. The quantitative estimate of drug-likeness (QED) is 0.428. The van der Waals surface area contributed by atoms with Crippen molar-refractivity contribution in [1.82, 2.24) is 9.88 Å². The monoisotopic (exact) mass is 425 g/mol. The number of piperidine rings is 1. The van der Waals surface area contributed by atoms with E-state index in [0.29, 0.717) is 5.56 Å². The number of carbonyl (C=O) groups excluding carboxylic acids is 1. The molecule has 32 heavy (non-hydrogen) atoms. The number of nitrogens with zero attached hydrogens (tertiary/aromatic N) is 2. The van der Waals surface area contributed by atoms with E-state index in [1.165, 1.54) is 6.42 Å². The maximum atomic E-state index is 13.2. The average Bonchev–Trinajstić information content (AvgIpc) is 3.19. The summed E-state index contributed by atoms with van der Waals surface area (Å²) in [7, 11) is 0. The van der Waals surface area contributed by atoms with Gasteiger partial charge in [-0.05, 0) is 68.8 Å². The first-order valence-electron chi connectivity index (χ1n) is 11.2. The summed E-state index contributed by atoms with van der Waals surface area (Å²) < 4.78 is 6.44. The van der Waals surface area contributed by atoms with Crippen LogP contribution in [0.1, 0.15) is 52.5 Å². The van der Waals surface area contributed by atoms with Crippen molar-refractivity contribution in [3.63, 3.8) is 0 Å². The average molecular weight is 426 g/mol. The topological polar surface area (TPSA) is 58.4 Å². The third-order valence-corrected chi connectivity index (χ3v) is 6.18. The van der Waals surface area contributed by atoms with Gasteiger partial charge in [0.1, 0.15) is 5.58 Å². The highest BCUT2D eigenvalue weighted by Gasteiger charge is 2.31. The van der Waals surface area contributed by atoms with Gasteiger partial charge in [-0.25, -0.2) is 0 Å². The Hall–Kier alpha value is -3.44. The van der Waals surface area contributed by atoms with Crippen LogP contribution in [-0.4, -0.2) is 28.9 Å². The lowest BCUT2D eigenvalue weighted by Crippen LogP contribution is -2.34. The van der Waals surface area contributed by atoms with Crippen LogP contribution in [0.25, 0.3) is 11.0 Å². The van der Waals surface area contributed by atoms with E-state index in [1.807, 2.05) is 67.7 Å². The predicted octanol–water partition coefficient (Wildman–Crippen LogP) is 5.96. The van der Waals surface area contributed by atoms with Crippen LogP contribution < -0.4 is 5.32 Å². The second kappa shape index (κ2) is 8.97. The Bertz CT molecular complexity index is 1210. The molecule has 0 aliphatic carbocycles. The SMILES string of the molecule is Cc1ccc(C(=O)Nc2c(C(c3cccnc3)N3CCCCC3)oc3ccccc23)cc1. The van der Waals surface area contributed by atoms with E-state index < -0.39 is 0 Å². The number of furan rings is 1. The molecule has 1 aliphatic heterocycles.